The van der Waals surface area contributed by atoms with Gasteiger partial charge in [0.2, 0.25) is 5.22 Å². The van der Waals surface area contributed by atoms with E-state index in [0.29, 0.717) is 17.4 Å². The summed E-state index contributed by atoms with van der Waals surface area (Å²) < 4.78 is 9.65. The molecule has 2 rings (SSSR count). The number of ether oxygens (including phenoxy) is 1. The van der Waals surface area contributed by atoms with E-state index in [2.05, 4.69) is 10.3 Å². The smallest absolute Gasteiger partial charge is 0.311 e. The van der Waals surface area contributed by atoms with Gasteiger partial charge < -0.3 is 9.15 Å². The molecule has 8 heteroatoms. The fourth-order valence-electron chi connectivity index (χ4n) is 1.43. The van der Waals surface area contributed by atoms with Crippen LogP contribution in [0.1, 0.15) is 23.0 Å². The number of nitrogens with zero attached hydrogens (tertiary/aromatic N) is 1. The molecule has 0 atom stereocenters. The van der Waals surface area contributed by atoms with Crippen LogP contribution in [0.2, 0.25) is 5.22 Å². The monoisotopic (exact) mass is 314 g/mol. The zero-order valence-electron chi connectivity index (χ0n) is 10.5. The Morgan fingerprint density at radius 2 is 2.35 bits per heavy atom. The maximum atomic E-state index is 11.8. The third kappa shape index (κ3) is 3.58. The molecule has 2 aromatic rings. The summed E-state index contributed by atoms with van der Waals surface area (Å²) in [6.07, 6.45) is 1.40. The summed E-state index contributed by atoms with van der Waals surface area (Å²) in [7, 11) is 0. The lowest BCUT2D eigenvalue weighted by molar-refractivity contribution is -0.142. The number of rotatable bonds is 5. The van der Waals surface area contributed by atoms with Gasteiger partial charge in [-0.25, -0.2) is 4.98 Å². The standard InChI is InChI=1S/C12H11ClN2O4S/c1-2-18-9(16)5-7-6-20-12(14-7)15-11(17)8-3-4-19-10(8)13/h3-4,6H,2,5H2,1H3,(H,14,15,17). The first kappa shape index (κ1) is 14.5. The van der Waals surface area contributed by atoms with Crippen molar-refractivity contribution in [3.63, 3.8) is 0 Å². The average Bonchev–Trinajstić information content (AvgIpc) is 2.99. The molecule has 0 saturated carbocycles. The minimum absolute atomic E-state index is 0.0193. The normalized spacial score (nSPS) is 10.3. The highest BCUT2D eigenvalue weighted by molar-refractivity contribution is 7.14. The van der Waals surface area contributed by atoms with E-state index in [0.717, 1.165) is 0 Å². The zero-order chi connectivity index (χ0) is 14.5. The minimum Gasteiger partial charge on any atom is -0.466 e. The molecule has 106 valence electrons. The van der Waals surface area contributed by atoms with E-state index in [1.165, 1.54) is 23.7 Å². The molecule has 2 heterocycles. The maximum absolute atomic E-state index is 11.8. The second-order valence-corrected chi connectivity index (χ2v) is 4.89. The average molecular weight is 315 g/mol. The number of amides is 1. The van der Waals surface area contributed by atoms with E-state index < -0.39 is 5.91 Å². The van der Waals surface area contributed by atoms with Crippen LogP contribution in [0.5, 0.6) is 0 Å². The molecular formula is C12H11ClN2O4S. The Bertz CT molecular complexity index is 623. The molecule has 0 saturated heterocycles. The maximum Gasteiger partial charge on any atom is 0.311 e. The predicted molar refractivity (Wildman–Crippen MR) is 74.1 cm³/mol. The Balaban J connectivity index is 1.98. The highest BCUT2D eigenvalue weighted by Crippen LogP contribution is 2.21. The molecule has 0 spiro atoms. The molecule has 0 unspecified atom stereocenters. The predicted octanol–water partition coefficient (Wildman–Crippen LogP) is 2.75. The largest absolute Gasteiger partial charge is 0.466 e. The van der Waals surface area contributed by atoms with Crippen LogP contribution in [0.15, 0.2) is 22.1 Å². The van der Waals surface area contributed by atoms with Crippen molar-refractivity contribution in [2.45, 2.75) is 13.3 Å². The minimum atomic E-state index is -0.416. The lowest BCUT2D eigenvalue weighted by Gasteiger charge is -1.99. The fourth-order valence-corrected chi connectivity index (χ4v) is 2.33. The topological polar surface area (TPSA) is 81.4 Å². The molecule has 0 fully saturated rings. The van der Waals surface area contributed by atoms with Gasteiger partial charge in [-0.15, -0.1) is 11.3 Å². The number of nitrogens with one attached hydrogen (secondary N) is 1. The van der Waals surface area contributed by atoms with Crippen LogP contribution < -0.4 is 5.32 Å². The molecule has 0 aliphatic rings. The van der Waals surface area contributed by atoms with Crippen LogP contribution in [-0.4, -0.2) is 23.5 Å². The summed E-state index contributed by atoms with van der Waals surface area (Å²) in [6, 6.07) is 1.46. The lowest BCUT2D eigenvalue weighted by atomic mass is 10.3. The van der Waals surface area contributed by atoms with Crippen LogP contribution in [0, 0.1) is 0 Å². The van der Waals surface area contributed by atoms with Gasteiger partial charge in [0.15, 0.2) is 5.13 Å². The SMILES string of the molecule is CCOC(=O)Cc1csc(NC(=O)c2ccoc2Cl)n1. The Morgan fingerprint density at radius 1 is 1.55 bits per heavy atom. The van der Waals surface area contributed by atoms with Crippen LogP contribution in [0.4, 0.5) is 5.13 Å². The third-order valence-corrected chi connectivity index (χ3v) is 3.36. The molecule has 0 radical (unpaired) electrons. The molecule has 2 aromatic heterocycles. The second kappa shape index (κ2) is 6.53. The molecule has 0 bridgehead atoms. The summed E-state index contributed by atoms with van der Waals surface area (Å²) >= 11 is 6.92. The van der Waals surface area contributed by atoms with Crippen LogP contribution >= 0.6 is 22.9 Å². The number of furan rings is 1. The first-order chi connectivity index (χ1) is 9.60. The van der Waals surface area contributed by atoms with E-state index in [1.807, 2.05) is 0 Å². The van der Waals surface area contributed by atoms with Crippen molar-refractivity contribution in [2.75, 3.05) is 11.9 Å². The molecule has 20 heavy (non-hydrogen) atoms. The van der Waals surface area contributed by atoms with Crippen molar-refractivity contribution in [1.29, 1.82) is 0 Å². The number of esters is 1. The van der Waals surface area contributed by atoms with Crippen molar-refractivity contribution >= 4 is 39.9 Å². The number of aromatic nitrogens is 1. The van der Waals surface area contributed by atoms with Crippen molar-refractivity contribution in [3.8, 4) is 0 Å². The van der Waals surface area contributed by atoms with E-state index in [9.17, 15) is 9.59 Å². The van der Waals surface area contributed by atoms with Gasteiger partial charge in [-0.3, -0.25) is 14.9 Å². The van der Waals surface area contributed by atoms with Crippen LogP contribution in [0.3, 0.4) is 0 Å². The van der Waals surface area contributed by atoms with Crippen molar-refractivity contribution < 1.29 is 18.7 Å². The molecule has 0 aliphatic heterocycles. The van der Waals surface area contributed by atoms with Gasteiger partial charge >= 0.3 is 5.97 Å². The van der Waals surface area contributed by atoms with Gasteiger partial charge in [0.25, 0.3) is 5.91 Å². The zero-order valence-corrected chi connectivity index (χ0v) is 12.1. The first-order valence-electron chi connectivity index (χ1n) is 5.74. The van der Waals surface area contributed by atoms with E-state index in [-0.39, 0.29) is 23.2 Å². The third-order valence-electron chi connectivity index (χ3n) is 2.27. The molecular weight excluding hydrogens is 304 g/mol. The Morgan fingerprint density at radius 3 is 3.00 bits per heavy atom. The van der Waals surface area contributed by atoms with Crippen LogP contribution in [-0.2, 0) is 16.0 Å². The number of carbonyl (C=O) groups is 2. The van der Waals surface area contributed by atoms with Gasteiger partial charge in [-0.2, -0.15) is 0 Å². The summed E-state index contributed by atoms with van der Waals surface area (Å²) in [5.41, 5.74) is 0.774. The second-order valence-electron chi connectivity index (χ2n) is 3.69. The van der Waals surface area contributed by atoms with E-state index in [4.69, 9.17) is 20.8 Å². The number of carbonyl (C=O) groups excluding carboxylic acids is 2. The summed E-state index contributed by atoms with van der Waals surface area (Å²) in [4.78, 5) is 27.3. The Kier molecular flexibility index (Phi) is 4.75. The number of hydrogen-bond acceptors (Lipinski definition) is 6. The summed E-state index contributed by atoms with van der Waals surface area (Å²) in [6.45, 7) is 2.06. The van der Waals surface area contributed by atoms with Gasteiger partial charge in [-0.1, -0.05) is 0 Å². The van der Waals surface area contributed by atoms with Crippen LogP contribution in [0.25, 0.3) is 0 Å². The van der Waals surface area contributed by atoms with Gasteiger partial charge in [0, 0.05) is 5.38 Å². The van der Waals surface area contributed by atoms with Crippen molar-refractivity contribution in [1.82, 2.24) is 4.98 Å². The summed E-state index contributed by atoms with van der Waals surface area (Å²) in [5.74, 6) is -0.769. The molecule has 6 nitrogen and oxygen atoms in total. The van der Waals surface area contributed by atoms with E-state index in [1.54, 1.807) is 12.3 Å². The van der Waals surface area contributed by atoms with Crippen molar-refractivity contribution in [2.24, 2.45) is 0 Å². The number of anilines is 1. The number of thiazole rings is 1. The Labute approximate surface area is 123 Å². The van der Waals surface area contributed by atoms with Gasteiger partial charge in [0.05, 0.1) is 30.5 Å². The molecule has 0 aliphatic carbocycles. The number of halogens is 1. The molecule has 1 N–H and O–H groups in total. The quantitative estimate of drug-likeness (QED) is 0.858. The van der Waals surface area contributed by atoms with Gasteiger partial charge in [0.1, 0.15) is 0 Å². The highest BCUT2D eigenvalue weighted by atomic mass is 35.5. The first-order valence-corrected chi connectivity index (χ1v) is 7.00. The number of hydrogen-bond donors (Lipinski definition) is 1. The van der Waals surface area contributed by atoms with E-state index >= 15 is 0 Å². The van der Waals surface area contributed by atoms with Crippen molar-refractivity contribution in [3.05, 3.63) is 34.2 Å². The fraction of sp³-hybridized carbons (Fsp3) is 0.250. The highest BCUT2D eigenvalue weighted by Gasteiger charge is 2.15. The Hall–Kier alpha value is -1.86. The summed E-state index contributed by atoms with van der Waals surface area (Å²) in [5, 5.41) is 4.67. The lowest BCUT2D eigenvalue weighted by Crippen LogP contribution is -2.12. The van der Waals surface area contributed by atoms with Gasteiger partial charge in [-0.05, 0) is 24.6 Å². The molecule has 0 aromatic carbocycles. The molecule has 1 amide bonds.